The van der Waals surface area contributed by atoms with Crippen LogP contribution in [0.5, 0.6) is 0 Å². The van der Waals surface area contributed by atoms with Gasteiger partial charge in [0.2, 0.25) is 23.6 Å². The molecule has 2 fully saturated rings. The molecule has 2 heterocycles. The highest BCUT2D eigenvalue weighted by molar-refractivity contribution is 5.98. The smallest absolute Gasteiger partial charge is 0.243 e. The second-order valence-electron chi connectivity index (χ2n) is 15.0. The van der Waals surface area contributed by atoms with Crippen LogP contribution < -0.4 is 21.3 Å². The number of hydrogen-bond donors (Lipinski definition) is 4. The zero-order valence-electron chi connectivity index (χ0n) is 31.3. The van der Waals surface area contributed by atoms with Gasteiger partial charge in [-0.15, -0.1) is 0 Å². The normalized spacial score (nSPS) is 19.6. The van der Waals surface area contributed by atoms with E-state index in [0.717, 1.165) is 11.1 Å². The lowest BCUT2D eigenvalue weighted by atomic mass is 9.93. The lowest BCUT2D eigenvalue weighted by molar-refractivity contribution is -0.135. The zero-order valence-corrected chi connectivity index (χ0v) is 31.3. The highest BCUT2D eigenvalue weighted by Crippen LogP contribution is 2.29. The number of hydrogen-bond acceptors (Lipinski definition) is 8. The van der Waals surface area contributed by atoms with Crippen LogP contribution in [-0.2, 0) is 46.3 Å². The van der Waals surface area contributed by atoms with Crippen molar-refractivity contribution >= 4 is 29.4 Å². The first-order valence-corrected chi connectivity index (χ1v) is 18.6. The second-order valence-corrected chi connectivity index (χ2v) is 15.0. The Labute approximate surface area is 308 Å². The fraction of sp³-hybridized carbons (Fsp3) is 0.575. The third kappa shape index (κ3) is 13.1. The average Bonchev–Trinajstić information content (AvgIpc) is 3.87. The Morgan fingerprint density at radius 1 is 0.692 bits per heavy atom. The largest absolute Gasteiger partial charge is 0.379 e. The van der Waals surface area contributed by atoms with Crippen LogP contribution in [-0.4, -0.2) is 104 Å². The van der Waals surface area contributed by atoms with Crippen molar-refractivity contribution in [3.05, 3.63) is 71.8 Å². The van der Waals surface area contributed by atoms with Crippen LogP contribution in [0.1, 0.15) is 65.0 Å². The van der Waals surface area contributed by atoms with Crippen LogP contribution >= 0.6 is 0 Å². The molecule has 2 aliphatic heterocycles. The van der Waals surface area contributed by atoms with E-state index in [1.165, 1.54) is 0 Å². The van der Waals surface area contributed by atoms with Crippen molar-refractivity contribution in [2.24, 2.45) is 11.8 Å². The van der Waals surface area contributed by atoms with Crippen LogP contribution in [0.25, 0.3) is 0 Å². The molecule has 5 atom stereocenters. The first kappa shape index (κ1) is 40.6. The maximum atomic E-state index is 14.1. The summed E-state index contributed by atoms with van der Waals surface area (Å²) >= 11 is 0. The van der Waals surface area contributed by atoms with Crippen LogP contribution in [0, 0.1) is 11.8 Å². The summed E-state index contributed by atoms with van der Waals surface area (Å²) in [6.45, 7) is 12.3. The van der Waals surface area contributed by atoms with Crippen molar-refractivity contribution in [1.29, 1.82) is 0 Å². The molecule has 2 saturated heterocycles. The van der Waals surface area contributed by atoms with Crippen molar-refractivity contribution in [3.8, 4) is 0 Å². The minimum absolute atomic E-state index is 0.0171. The molecule has 284 valence electrons. The first-order valence-electron chi connectivity index (χ1n) is 18.6. The van der Waals surface area contributed by atoms with E-state index < -0.39 is 47.5 Å². The topological polar surface area (TPSA) is 158 Å². The van der Waals surface area contributed by atoms with Gasteiger partial charge < -0.3 is 30.7 Å². The van der Waals surface area contributed by atoms with Crippen LogP contribution in [0.2, 0.25) is 0 Å². The predicted octanol–water partition coefficient (Wildman–Crippen LogP) is 2.58. The molecule has 12 nitrogen and oxygen atoms in total. The van der Waals surface area contributed by atoms with Gasteiger partial charge in [0.25, 0.3) is 0 Å². The van der Waals surface area contributed by atoms with E-state index in [9.17, 15) is 24.0 Å². The summed E-state index contributed by atoms with van der Waals surface area (Å²) in [4.78, 5) is 70.5. The number of ether oxygens (including phenoxy) is 2. The summed E-state index contributed by atoms with van der Waals surface area (Å²) in [6, 6.07) is 15.3. The third-order valence-corrected chi connectivity index (χ3v) is 9.38. The van der Waals surface area contributed by atoms with Gasteiger partial charge in [-0.2, -0.15) is 0 Å². The van der Waals surface area contributed by atoms with Crippen molar-refractivity contribution in [2.75, 3.05) is 39.5 Å². The summed E-state index contributed by atoms with van der Waals surface area (Å²) in [5, 5.41) is 11.7. The van der Waals surface area contributed by atoms with E-state index in [1.54, 1.807) is 6.92 Å². The zero-order chi connectivity index (χ0) is 37.7. The lowest BCUT2D eigenvalue weighted by Gasteiger charge is -2.29. The van der Waals surface area contributed by atoms with Crippen LogP contribution in [0.15, 0.2) is 60.7 Å². The Morgan fingerprint density at radius 2 is 1.19 bits per heavy atom. The second kappa shape index (κ2) is 19.6. The Bertz CT molecular complexity index is 1480. The average molecular weight is 720 g/mol. The number of Topliss-reactive ketones (excluding diaryl/α,β-unsaturated/α-hetero) is 1. The van der Waals surface area contributed by atoms with Gasteiger partial charge in [-0.25, -0.2) is 0 Å². The number of carbonyl (C=O) groups excluding carboxylic acids is 5. The maximum Gasteiger partial charge on any atom is 0.243 e. The van der Waals surface area contributed by atoms with Crippen molar-refractivity contribution in [1.82, 2.24) is 26.2 Å². The molecule has 12 heteroatoms. The highest BCUT2D eigenvalue weighted by Gasteiger charge is 2.50. The molecule has 0 bridgehead atoms. The molecule has 4 amide bonds. The summed E-state index contributed by atoms with van der Waals surface area (Å²) in [5.41, 5.74) is 0.915. The number of amides is 4. The van der Waals surface area contributed by atoms with E-state index in [4.69, 9.17) is 9.47 Å². The molecule has 0 aromatic heterocycles. The SMILES string of the molecule is CC(C)C[C@@H](NC(=O)[C@@H](CCc1ccccc1)NC(=O)CN1CCOCC1)C(=O)N[C@@H](Cc1ccccc1)C(=O)N[C@H](CC(C)C)C(=O)[C@@]1(C)CO1. The number of epoxide rings is 1. The summed E-state index contributed by atoms with van der Waals surface area (Å²) in [7, 11) is 0. The molecule has 0 saturated carbocycles. The number of benzene rings is 2. The molecule has 52 heavy (non-hydrogen) atoms. The molecule has 4 rings (SSSR count). The monoisotopic (exact) mass is 719 g/mol. The van der Waals surface area contributed by atoms with E-state index in [2.05, 4.69) is 21.3 Å². The van der Waals surface area contributed by atoms with Gasteiger partial charge in [0, 0.05) is 19.5 Å². The molecule has 2 aliphatic rings. The molecular weight excluding hydrogens is 662 g/mol. The fourth-order valence-corrected chi connectivity index (χ4v) is 6.33. The molecule has 4 N–H and O–H groups in total. The fourth-order valence-electron chi connectivity index (χ4n) is 6.33. The molecule has 0 spiro atoms. The van der Waals surface area contributed by atoms with E-state index in [0.29, 0.717) is 58.6 Å². The minimum atomic E-state index is -1.03. The van der Waals surface area contributed by atoms with Crippen molar-refractivity contribution in [2.45, 2.75) is 96.5 Å². The molecule has 0 radical (unpaired) electrons. The Morgan fingerprint density at radius 3 is 1.77 bits per heavy atom. The van der Waals surface area contributed by atoms with Gasteiger partial charge in [0.1, 0.15) is 23.7 Å². The number of aryl methyl sites for hydroxylation is 1. The van der Waals surface area contributed by atoms with Crippen molar-refractivity contribution in [3.63, 3.8) is 0 Å². The molecular formula is C40H57N5O7. The Kier molecular flexibility index (Phi) is 15.3. The van der Waals surface area contributed by atoms with Gasteiger partial charge in [0.15, 0.2) is 5.78 Å². The predicted molar refractivity (Wildman–Crippen MR) is 198 cm³/mol. The number of morpholine rings is 1. The van der Waals surface area contributed by atoms with Gasteiger partial charge in [-0.1, -0.05) is 88.4 Å². The van der Waals surface area contributed by atoms with Crippen molar-refractivity contribution < 1.29 is 33.4 Å². The quantitative estimate of drug-likeness (QED) is 0.152. The first-order chi connectivity index (χ1) is 24.8. The third-order valence-electron chi connectivity index (χ3n) is 9.38. The molecule has 2 aromatic carbocycles. The summed E-state index contributed by atoms with van der Waals surface area (Å²) < 4.78 is 10.8. The number of ketones is 1. The molecule has 0 aliphatic carbocycles. The van der Waals surface area contributed by atoms with Gasteiger partial charge in [-0.05, 0) is 55.6 Å². The Balaban J connectivity index is 1.51. The van der Waals surface area contributed by atoms with Crippen LogP contribution in [0.4, 0.5) is 0 Å². The number of nitrogens with zero attached hydrogens (tertiary/aromatic N) is 1. The van der Waals surface area contributed by atoms with E-state index in [1.807, 2.05) is 93.3 Å². The highest BCUT2D eigenvalue weighted by atomic mass is 16.6. The summed E-state index contributed by atoms with van der Waals surface area (Å²) in [6.07, 6.45) is 1.76. The number of nitrogens with one attached hydrogen (secondary N) is 4. The standard InChI is InChI=1S/C40H57N5O7/c1-27(2)22-32(36(47)40(5)26-52-40)42-39(50)34(24-30-14-10-7-11-15-30)44-38(49)33(23-28(3)4)43-37(48)31(17-16-29-12-8-6-9-13-29)41-35(46)25-45-18-20-51-21-19-45/h6-15,27-28,31-34H,16-26H2,1-5H3,(H,41,46)(H,42,50)(H,43,48)(H,44,49)/t31-,32-,33-,34+,40-/m1/s1. The number of carbonyl (C=O) groups is 5. The van der Waals surface area contributed by atoms with E-state index in [-0.39, 0.29) is 36.5 Å². The van der Waals surface area contributed by atoms with Gasteiger partial charge in [0.05, 0.1) is 32.4 Å². The molecule has 0 unspecified atom stereocenters. The maximum absolute atomic E-state index is 14.1. The van der Waals surface area contributed by atoms with E-state index >= 15 is 0 Å². The minimum Gasteiger partial charge on any atom is -0.379 e. The van der Waals surface area contributed by atoms with Gasteiger partial charge in [-0.3, -0.25) is 28.9 Å². The Hall–Kier alpha value is -4.13. The number of rotatable bonds is 20. The summed E-state index contributed by atoms with van der Waals surface area (Å²) in [5.74, 6) is -1.83. The van der Waals surface area contributed by atoms with Gasteiger partial charge >= 0.3 is 0 Å². The van der Waals surface area contributed by atoms with Crippen LogP contribution in [0.3, 0.4) is 0 Å². The molecule has 2 aromatic rings. The lowest BCUT2D eigenvalue weighted by Crippen LogP contribution is -2.59.